The molecule has 0 aromatic heterocycles. The van der Waals surface area contributed by atoms with Crippen LogP contribution < -0.4 is 0 Å². The largest absolute Gasteiger partial charge is 0.392 e. The highest BCUT2D eigenvalue weighted by Gasteiger charge is 2.28. The average Bonchev–Trinajstić information content (AvgIpc) is 2.48. The summed E-state index contributed by atoms with van der Waals surface area (Å²) in [5.74, 6) is 0. The van der Waals surface area contributed by atoms with Gasteiger partial charge in [0.2, 0.25) is 0 Å². The number of piperazine rings is 1. The van der Waals surface area contributed by atoms with Gasteiger partial charge in [0.1, 0.15) is 0 Å². The van der Waals surface area contributed by atoms with E-state index < -0.39 is 0 Å². The number of aliphatic hydroxyl groups is 1. The summed E-state index contributed by atoms with van der Waals surface area (Å²) in [5, 5.41) is 9.06. The second kappa shape index (κ2) is 6.04. The fraction of sp³-hybridized carbons (Fsp3) is 0.625. The predicted molar refractivity (Wildman–Crippen MR) is 76.9 cm³/mol. The first-order chi connectivity index (χ1) is 9.35. The van der Waals surface area contributed by atoms with Crippen molar-refractivity contribution in [3.05, 3.63) is 35.4 Å². The van der Waals surface area contributed by atoms with Gasteiger partial charge in [-0.25, -0.2) is 0 Å². The Morgan fingerprint density at radius 2 is 1.79 bits per heavy atom. The van der Waals surface area contributed by atoms with Crippen molar-refractivity contribution in [3.63, 3.8) is 0 Å². The molecule has 1 aromatic carbocycles. The van der Waals surface area contributed by atoms with Gasteiger partial charge in [0.05, 0.1) is 6.61 Å². The van der Waals surface area contributed by atoms with Crippen LogP contribution in [0.15, 0.2) is 24.3 Å². The van der Waals surface area contributed by atoms with Crippen molar-refractivity contribution in [3.8, 4) is 0 Å². The minimum atomic E-state index is 0.140. The van der Waals surface area contributed by atoms with E-state index >= 15 is 0 Å². The van der Waals surface area contributed by atoms with E-state index in [0.717, 1.165) is 18.2 Å². The summed E-state index contributed by atoms with van der Waals surface area (Å²) in [6, 6.07) is 9.16. The average molecular weight is 260 g/mol. The summed E-state index contributed by atoms with van der Waals surface area (Å²) in [6.07, 6.45) is 4.17. The van der Waals surface area contributed by atoms with Crippen LogP contribution in [-0.2, 0) is 13.2 Å². The molecule has 2 aliphatic rings. The van der Waals surface area contributed by atoms with Gasteiger partial charge < -0.3 is 5.11 Å². The van der Waals surface area contributed by atoms with E-state index in [4.69, 9.17) is 5.11 Å². The maximum absolute atomic E-state index is 9.06. The fourth-order valence-electron chi connectivity index (χ4n) is 3.37. The molecule has 3 heteroatoms. The number of piperidine rings is 1. The molecule has 0 saturated carbocycles. The highest BCUT2D eigenvalue weighted by molar-refractivity contribution is 5.22. The Bertz CT molecular complexity index is 404. The van der Waals surface area contributed by atoms with Crippen molar-refractivity contribution in [2.75, 3.05) is 26.2 Å². The molecule has 2 fully saturated rings. The number of hydrogen-bond donors (Lipinski definition) is 1. The lowest BCUT2D eigenvalue weighted by atomic mass is 9.99. The molecular weight excluding hydrogens is 236 g/mol. The lowest BCUT2D eigenvalue weighted by Crippen LogP contribution is -2.54. The quantitative estimate of drug-likeness (QED) is 0.898. The van der Waals surface area contributed by atoms with Crippen LogP contribution in [0.5, 0.6) is 0 Å². The van der Waals surface area contributed by atoms with Gasteiger partial charge in [-0.05, 0) is 30.5 Å². The van der Waals surface area contributed by atoms with Crippen LogP contribution >= 0.6 is 0 Å². The van der Waals surface area contributed by atoms with Crippen LogP contribution in [0, 0.1) is 0 Å². The Hall–Kier alpha value is -0.900. The first kappa shape index (κ1) is 13.1. The Morgan fingerprint density at radius 3 is 2.58 bits per heavy atom. The first-order valence-corrected chi connectivity index (χ1v) is 7.50. The maximum Gasteiger partial charge on any atom is 0.0681 e. The van der Waals surface area contributed by atoms with Crippen LogP contribution in [0.25, 0.3) is 0 Å². The van der Waals surface area contributed by atoms with Gasteiger partial charge in [0.15, 0.2) is 0 Å². The molecule has 1 unspecified atom stereocenters. The monoisotopic (exact) mass is 260 g/mol. The second-order valence-electron chi connectivity index (χ2n) is 5.90. The molecule has 0 aliphatic carbocycles. The predicted octanol–water partition coefficient (Wildman–Crippen LogP) is 1.85. The van der Waals surface area contributed by atoms with Crippen LogP contribution in [0.2, 0.25) is 0 Å². The third-order valence-electron chi connectivity index (χ3n) is 4.53. The zero-order valence-corrected chi connectivity index (χ0v) is 11.6. The van der Waals surface area contributed by atoms with Crippen molar-refractivity contribution < 1.29 is 5.11 Å². The van der Waals surface area contributed by atoms with Crippen molar-refractivity contribution in [1.29, 1.82) is 0 Å². The van der Waals surface area contributed by atoms with E-state index in [9.17, 15) is 0 Å². The van der Waals surface area contributed by atoms with Crippen molar-refractivity contribution >= 4 is 0 Å². The molecule has 0 amide bonds. The number of aliphatic hydroxyl groups excluding tert-OH is 1. The molecule has 3 rings (SSSR count). The summed E-state index contributed by atoms with van der Waals surface area (Å²) < 4.78 is 0. The molecule has 0 radical (unpaired) electrons. The lowest BCUT2D eigenvalue weighted by molar-refractivity contribution is 0.0457. The number of hydrogen-bond acceptors (Lipinski definition) is 3. The third kappa shape index (κ3) is 3.16. The number of benzene rings is 1. The van der Waals surface area contributed by atoms with Gasteiger partial charge in [-0.3, -0.25) is 9.80 Å². The standard InChI is InChI=1S/C16H24N2O/c19-13-15-6-4-14(5-7-15)11-17-9-10-18-8-2-1-3-16(18)12-17/h4-7,16,19H,1-3,8-13H2. The Balaban J connectivity index is 1.57. The summed E-state index contributed by atoms with van der Waals surface area (Å²) in [6.45, 7) is 6.15. The van der Waals surface area contributed by atoms with Crippen molar-refractivity contribution in [1.82, 2.24) is 9.80 Å². The smallest absolute Gasteiger partial charge is 0.0681 e. The van der Waals surface area contributed by atoms with E-state index in [0.29, 0.717) is 0 Å². The van der Waals surface area contributed by atoms with Crippen LogP contribution in [0.3, 0.4) is 0 Å². The van der Waals surface area contributed by atoms with Gasteiger partial charge >= 0.3 is 0 Å². The third-order valence-corrected chi connectivity index (χ3v) is 4.53. The van der Waals surface area contributed by atoms with E-state index in [2.05, 4.69) is 21.9 Å². The van der Waals surface area contributed by atoms with Gasteiger partial charge in [-0.2, -0.15) is 0 Å². The normalized spacial score (nSPS) is 25.2. The molecule has 19 heavy (non-hydrogen) atoms. The summed E-state index contributed by atoms with van der Waals surface area (Å²) >= 11 is 0. The maximum atomic E-state index is 9.06. The van der Waals surface area contributed by atoms with Gasteiger partial charge in [0.25, 0.3) is 0 Å². The van der Waals surface area contributed by atoms with E-state index in [1.165, 1.54) is 51.0 Å². The highest BCUT2D eigenvalue weighted by Crippen LogP contribution is 2.22. The molecule has 3 nitrogen and oxygen atoms in total. The van der Waals surface area contributed by atoms with Crippen molar-refractivity contribution in [2.24, 2.45) is 0 Å². The SMILES string of the molecule is OCc1ccc(CN2CCN3CCCCC3C2)cc1. The highest BCUT2D eigenvalue weighted by atomic mass is 16.3. The van der Waals surface area contributed by atoms with E-state index in [1.807, 2.05) is 12.1 Å². The molecule has 0 spiro atoms. The Labute approximate surface area is 115 Å². The molecule has 2 aliphatic heterocycles. The zero-order valence-electron chi connectivity index (χ0n) is 11.6. The number of fused-ring (bicyclic) bond motifs is 1. The fourth-order valence-corrected chi connectivity index (χ4v) is 3.37. The van der Waals surface area contributed by atoms with E-state index in [1.54, 1.807) is 0 Å². The molecule has 1 N–H and O–H groups in total. The molecule has 104 valence electrons. The number of rotatable bonds is 3. The molecular formula is C16H24N2O. The Morgan fingerprint density at radius 1 is 1.00 bits per heavy atom. The topological polar surface area (TPSA) is 26.7 Å². The second-order valence-corrected chi connectivity index (χ2v) is 5.90. The molecule has 0 bridgehead atoms. The first-order valence-electron chi connectivity index (χ1n) is 7.50. The minimum Gasteiger partial charge on any atom is -0.392 e. The van der Waals surface area contributed by atoms with Crippen LogP contribution in [0.4, 0.5) is 0 Å². The Kier molecular flexibility index (Phi) is 4.16. The van der Waals surface area contributed by atoms with Gasteiger partial charge in [-0.1, -0.05) is 30.7 Å². The molecule has 2 saturated heterocycles. The van der Waals surface area contributed by atoms with Crippen LogP contribution in [0.1, 0.15) is 30.4 Å². The van der Waals surface area contributed by atoms with E-state index in [-0.39, 0.29) is 6.61 Å². The summed E-state index contributed by atoms with van der Waals surface area (Å²) in [4.78, 5) is 5.26. The molecule has 1 atom stereocenters. The summed E-state index contributed by atoms with van der Waals surface area (Å²) in [5.41, 5.74) is 2.36. The number of nitrogens with zero attached hydrogens (tertiary/aromatic N) is 2. The summed E-state index contributed by atoms with van der Waals surface area (Å²) in [7, 11) is 0. The molecule has 2 heterocycles. The lowest BCUT2D eigenvalue weighted by Gasteiger charge is -2.44. The van der Waals surface area contributed by atoms with Crippen molar-refractivity contribution in [2.45, 2.75) is 38.5 Å². The zero-order chi connectivity index (χ0) is 13.1. The van der Waals surface area contributed by atoms with Gasteiger partial charge in [-0.15, -0.1) is 0 Å². The van der Waals surface area contributed by atoms with Crippen LogP contribution in [-0.4, -0.2) is 47.1 Å². The van der Waals surface area contributed by atoms with Gasteiger partial charge in [0, 0.05) is 32.2 Å². The molecule has 1 aromatic rings. The minimum absolute atomic E-state index is 0.140.